The molecule has 0 fully saturated rings. The number of aromatic carboxylic acids is 1. The summed E-state index contributed by atoms with van der Waals surface area (Å²) in [7, 11) is 0. The maximum atomic E-state index is 13.7. The van der Waals surface area contributed by atoms with Crippen LogP contribution in [0, 0.1) is 15.9 Å². The second kappa shape index (κ2) is 5.71. The molecule has 2 aromatic rings. The number of hydrogen-bond acceptors (Lipinski definition) is 6. The molecular formula is C11H8FN3O5S. The Morgan fingerprint density at radius 2 is 2.24 bits per heavy atom. The molecule has 2 rings (SSSR count). The summed E-state index contributed by atoms with van der Waals surface area (Å²) in [6, 6.07) is 1.39. The van der Waals surface area contributed by atoms with Crippen LogP contribution in [-0.4, -0.2) is 21.0 Å². The van der Waals surface area contributed by atoms with Gasteiger partial charge in [-0.3, -0.25) is 14.9 Å². The summed E-state index contributed by atoms with van der Waals surface area (Å²) in [6.45, 7) is 0.0481. The molecule has 0 amide bonds. The number of benzene rings is 1. The van der Waals surface area contributed by atoms with Gasteiger partial charge < -0.3 is 15.4 Å². The SMILES string of the molecule is O=C(O)c1cc(NCc2csc(=O)[nH]2)c(F)cc1[N+](=O)[O-]. The minimum Gasteiger partial charge on any atom is -0.477 e. The van der Waals surface area contributed by atoms with E-state index in [2.05, 4.69) is 10.3 Å². The Morgan fingerprint density at radius 3 is 2.76 bits per heavy atom. The Labute approximate surface area is 120 Å². The van der Waals surface area contributed by atoms with Crippen molar-refractivity contribution >= 4 is 28.7 Å². The van der Waals surface area contributed by atoms with Gasteiger partial charge in [0.05, 0.1) is 23.2 Å². The molecule has 0 saturated heterocycles. The second-order valence-corrected chi connectivity index (χ2v) is 4.78. The minimum atomic E-state index is -1.53. The van der Waals surface area contributed by atoms with Gasteiger partial charge in [-0.05, 0) is 6.07 Å². The molecule has 0 saturated carbocycles. The minimum absolute atomic E-state index is 0.0481. The largest absolute Gasteiger partial charge is 0.477 e. The van der Waals surface area contributed by atoms with Gasteiger partial charge in [-0.15, -0.1) is 0 Å². The van der Waals surface area contributed by atoms with Gasteiger partial charge in [-0.25, -0.2) is 9.18 Å². The van der Waals surface area contributed by atoms with Crippen molar-refractivity contribution in [1.82, 2.24) is 4.98 Å². The van der Waals surface area contributed by atoms with Crippen LogP contribution in [-0.2, 0) is 6.54 Å². The number of rotatable bonds is 5. The van der Waals surface area contributed by atoms with Crippen molar-refractivity contribution in [2.24, 2.45) is 0 Å². The van der Waals surface area contributed by atoms with Crippen LogP contribution >= 0.6 is 11.3 Å². The van der Waals surface area contributed by atoms with Gasteiger partial charge in [0.15, 0.2) is 5.82 Å². The van der Waals surface area contributed by atoms with E-state index in [1.54, 1.807) is 0 Å². The number of aromatic nitrogens is 1. The number of carboxylic acid groups (broad SMARTS) is 1. The number of anilines is 1. The third-order valence-electron chi connectivity index (χ3n) is 2.55. The van der Waals surface area contributed by atoms with Crippen molar-refractivity contribution in [3.05, 3.63) is 54.4 Å². The fraction of sp³-hybridized carbons (Fsp3) is 0.0909. The third kappa shape index (κ3) is 3.23. The first-order valence-corrected chi connectivity index (χ1v) is 6.38. The molecule has 1 aromatic heterocycles. The van der Waals surface area contributed by atoms with Crippen molar-refractivity contribution in [2.45, 2.75) is 6.54 Å². The van der Waals surface area contributed by atoms with Crippen LogP contribution in [0.1, 0.15) is 16.1 Å². The molecule has 0 aliphatic heterocycles. The Bertz CT molecular complexity index is 769. The topological polar surface area (TPSA) is 125 Å². The quantitative estimate of drug-likeness (QED) is 0.571. The Balaban J connectivity index is 2.31. The maximum Gasteiger partial charge on any atom is 0.342 e. The molecule has 0 atom stereocenters. The Morgan fingerprint density at radius 1 is 1.52 bits per heavy atom. The predicted octanol–water partition coefficient (Wildman–Crippen LogP) is 1.79. The van der Waals surface area contributed by atoms with Crippen LogP contribution < -0.4 is 10.2 Å². The van der Waals surface area contributed by atoms with E-state index in [4.69, 9.17) is 5.11 Å². The van der Waals surface area contributed by atoms with Crippen molar-refractivity contribution < 1.29 is 19.2 Å². The van der Waals surface area contributed by atoms with Gasteiger partial charge in [-0.1, -0.05) is 11.3 Å². The van der Waals surface area contributed by atoms with Crippen LogP contribution in [0.25, 0.3) is 0 Å². The van der Waals surface area contributed by atoms with Crippen LogP contribution in [0.15, 0.2) is 22.3 Å². The van der Waals surface area contributed by atoms with E-state index >= 15 is 0 Å². The van der Waals surface area contributed by atoms with Gasteiger partial charge in [0.2, 0.25) is 0 Å². The standard InChI is InChI=1S/C11H8FN3O5S/c12-7-2-9(15(19)20)6(10(16)17)1-8(7)13-3-5-4-21-11(18)14-5/h1-2,4,13H,3H2,(H,14,18)(H,16,17). The molecular weight excluding hydrogens is 305 g/mol. The second-order valence-electron chi connectivity index (χ2n) is 3.94. The molecule has 21 heavy (non-hydrogen) atoms. The molecule has 0 aliphatic carbocycles. The number of H-pyrrole nitrogens is 1. The third-order valence-corrected chi connectivity index (χ3v) is 3.27. The molecule has 1 aromatic carbocycles. The summed E-state index contributed by atoms with van der Waals surface area (Å²) in [5.41, 5.74) is -1.16. The highest BCUT2D eigenvalue weighted by Gasteiger charge is 2.23. The lowest BCUT2D eigenvalue weighted by atomic mass is 10.1. The highest BCUT2D eigenvalue weighted by atomic mass is 32.1. The average Bonchev–Trinajstić information content (AvgIpc) is 2.82. The number of halogens is 1. The number of nitrogens with one attached hydrogen (secondary N) is 2. The Kier molecular flexibility index (Phi) is 3.98. The number of nitro benzene ring substituents is 1. The van der Waals surface area contributed by atoms with Crippen LogP contribution in [0.2, 0.25) is 0 Å². The van der Waals surface area contributed by atoms with E-state index in [-0.39, 0.29) is 17.1 Å². The van der Waals surface area contributed by atoms with Gasteiger partial charge in [0.1, 0.15) is 5.56 Å². The lowest BCUT2D eigenvalue weighted by molar-refractivity contribution is -0.385. The smallest absolute Gasteiger partial charge is 0.342 e. The molecule has 0 bridgehead atoms. The first-order chi connectivity index (χ1) is 9.88. The van der Waals surface area contributed by atoms with Crippen molar-refractivity contribution in [1.29, 1.82) is 0 Å². The average molecular weight is 313 g/mol. The van der Waals surface area contributed by atoms with Crippen LogP contribution in [0.5, 0.6) is 0 Å². The molecule has 110 valence electrons. The van der Waals surface area contributed by atoms with E-state index in [9.17, 15) is 24.1 Å². The van der Waals surface area contributed by atoms with E-state index in [0.29, 0.717) is 11.8 Å². The number of thiazole rings is 1. The zero-order valence-electron chi connectivity index (χ0n) is 10.3. The first-order valence-electron chi connectivity index (χ1n) is 5.50. The molecule has 1 heterocycles. The lowest BCUT2D eigenvalue weighted by Gasteiger charge is -2.08. The summed E-state index contributed by atoms with van der Waals surface area (Å²) in [4.78, 5) is 33.8. The highest BCUT2D eigenvalue weighted by molar-refractivity contribution is 7.07. The highest BCUT2D eigenvalue weighted by Crippen LogP contribution is 2.26. The molecule has 0 aliphatic rings. The van der Waals surface area contributed by atoms with Crippen molar-refractivity contribution in [3.63, 3.8) is 0 Å². The monoisotopic (exact) mass is 313 g/mol. The van der Waals surface area contributed by atoms with Crippen molar-refractivity contribution in [2.75, 3.05) is 5.32 Å². The lowest BCUT2D eigenvalue weighted by Crippen LogP contribution is -2.08. The molecule has 0 unspecified atom stereocenters. The maximum absolute atomic E-state index is 13.7. The van der Waals surface area contributed by atoms with E-state index < -0.39 is 28.0 Å². The first kappa shape index (κ1) is 14.7. The molecule has 0 radical (unpaired) electrons. The molecule has 10 heteroatoms. The summed E-state index contributed by atoms with van der Waals surface area (Å²) in [6.07, 6.45) is 0. The Hall–Kier alpha value is -2.75. The van der Waals surface area contributed by atoms with Crippen LogP contribution in [0.3, 0.4) is 0 Å². The fourth-order valence-corrected chi connectivity index (χ4v) is 2.19. The number of nitro groups is 1. The van der Waals surface area contributed by atoms with E-state index in [1.807, 2.05) is 0 Å². The molecule has 8 nitrogen and oxygen atoms in total. The van der Waals surface area contributed by atoms with Gasteiger partial charge in [0, 0.05) is 11.1 Å². The summed E-state index contributed by atoms with van der Waals surface area (Å²) >= 11 is 0.930. The normalized spacial score (nSPS) is 10.3. The number of hydrogen-bond donors (Lipinski definition) is 3. The zero-order chi connectivity index (χ0) is 15.6. The van der Waals surface area contributed by atoms with Gasteiger partial charge in [0.25, 0.3) is 5.69 Å². The van der Waals surface area contributed by atoms with E-state index in [1.165, 1.54) is 5.38 Å². The van der Waals surface area contributed by atoms with Crippen LogP contribution in [0.4, 0.5) is 15.8 Å². The van der Waals surface area contributed by atoms with Gasteiger partial charge in [-0.2, -0.15) is 0 Å². The number of carboxylic acids is 1. The molecule has 0 spiro atoms. The number of nitrogens with zero attached hydrogens (tertiary/aromatic N) is 1. The summed E-state index contributed by atoms with van der Waals surface area (Å²) in [5, 5.41) is 23.7. The van der Waals surface area contributed by atoms with Crippen molar-refractivity contribution in [3.8, 4) is 0 Å². The molecule has 3 N–H and O–H groups in total. The zero-order valence-corrected chi connectivity index (χ0v) is 11.1. The predicted molar refractivity (Wildman–Crippen MR) is 72.3 cm³/mol. The number of carbonyl (C=O) groups is 1. The van der Waals surface area contributed by atoms with Gasteiger partial charge >= 0.3 is 10.8 Å². The number of aromatic amines is 1. The summed E-state index contributed by atoms with van der Waals surface area (Å²) in [5.74, 6) is -2.49. The fourth-order valence-electron chi connectivity index (χ4n) is 1.61. The summed E-state index contributed by atoms with van der Waals surface area (Å²) < 4.78 is 13.7. The van der Waals surface area contributed by atoms with E-state index in [0.717, 1.165) is 17.4 Å².